The van der Waals surface area contributed by atoms with Crippen molar-refractivity contribution >= 4 is 33.3 Å². The predicted octanol–water partition coefficient (Wildman–Crippen LogP) is 1.91. The Morgan fingerprint density at radius 1 is 1.10 bits per heavy atom. The second-order valence-corrected chi connectivity index (χ2v) is 5.42. The van der Waals surface area contributed by atoms with E-state index in [4.69, 9.17) is 10.8 Å². The molecular formula is C13H12N2O5S. The van der Waals surface area contributed by atoms with Crippen LogP contribution in [-0.2, 0) is 10.3 Å². The highest BCUT2D eigenvalue weighted by molar-refractivity contribution is 7.87. The second-order valence-electron chi connectivity index (χ2n) is 4.16. The molecule has 0 saturated carbocycles. The molecule has 7 nitrogen and oxygen atoms in total. The summed E-state index contributed by atoms with van der Waals surface area (Å²) in [6, 6.07) is 11.2. The lowest BCUT2D eigenvalue weighted by Crippen LogP contribution is -2.27. The number of carbonyl (C=O) groups is 1. The molecule has 0 saturated heterocycles. The highest BCUT2D eigenvalue weighted by atomic mass is 32.2. The van der Waals surface area contributed by atoms with Crippen LogP contribution in [0.4, 0.5) is 17.1 Å². The summed E-state index contributed by atoms with van der Waals surface area (Å²) >= 11 is 0. The van der Waals surface area contributed by atoms with Crippen LogP contribution in [0.1, 0.15) is 10.4 Å². The van der Waals surface area contributed by atoms with Crippen molar-refractivity contribution in [2.45, 2.75) is 0 Å². The number of nitrogens with two attached hydrogens (primary N) is 1. The first-order valence-electron chi connectivity index (χ1n) is 5.76. The van der Waals surface area contributed by atoms with Gasteiger partial charge in [-0.25, -0.2) is 9.10 Å². The Morgan fingerprint density at radius 3 is 2.33 bits per heavy atom. The molecule has 4 N–H and O–H groups in total. The van der Waals surface area contributed by atoms with E-state index >= 15 is 0 Å². The summed E-state index contributed by atoms with van der Waals surface area (Å²) in [7, 11) is -4.73. The maximum Gasteiger partial charge on any atom is 0.364 e. The summed E-state index contributed by atoms with van der Waals surface area (Å²) in [6.07, 6.45) is 0. The first-order valence-corrected chi connectivity index (χ1v) is 7.16. The van der Waals surface area contributed by atoms with Crippen molar-refractivity contribution in [3.05, 3.63) is 54.1 Å². The Kier molecular flexibility index (Phi) is 3.83. The smallest absolute Gasteiger partial charge is 0.364 e. The van der Waals surface area contributed by atoms with Gasteiger partial charge in [-0.15, -0.1) is 0 Å². The second kappa shape index (κ2) is 5.43. The number of aromatic carboxylic acids is 1. The van der Waals surface area contributed by atoms with Crippen molar-refractivity contribution in [1.82, 2.24) is 0 Å². The van der Waals surface area contributed by atoms with Crippen LogP contribution >= 0.6 is 0 Å². The molecule has 0 fully saturated rings. The van der Waals surface area contributed by atoms with Crippen LogP contribution in [-0.4, -0.2) is 24.0 Å². The van der Waals surface area contributed by atoms with E-state index in [0.717, 1.165) is 0 Å². The zero-order valence-electron chi connectivity index (χ0n) is 10.7. The lowest BCUT2D eigenvalue weighted by molar-refractivity contribution is 0.0698. The average Bonchev–Trinajstić information content (AvgIpc) is 2.37. The highest BCUT2D eigenvalue weighted by Crippen LogP contribution is 2.32. The van der Waals surface area contributed by atoms with Crippen molar-refractivity contribution < 1.29 is 22.9 Å². The molecule has 0 aliphatic carbocycles. The zero-order valence-corrected chi connectivity index (χ0v) is 11.5. The molecule has 0 aromatic heterocycles. The summed E-state index contributed by atoms with van der Waals surface area (Å²) in [4.78, 5) is 11.2. The molecule has 2 rings (SSSR count). The number of nitrogens with zero attached hydrogens (tertiary/aromatic N) is 1. The van der Waals surface area contributed by atoms with E-state index in [1.807, 2.05) is 0 Å². The van der Waals surface area contributed by atoms with Gasteiger partial charge < -0.3 is 10.8 Å². The fourth-order valence-electron chi connectivity index (χ4n) is 1.88. The van der Waals surface area contributed by atoms with Gasteiger partial charge in [-0.3, -0.25) is 4.55 Å². The molecule has 0 aliphatic rings. The summed E-state index contributed by atoms with van der Waals surface area (Å²) in [5.41, 5.74) is 5.45. The van der Waals surface area contributed by atoms with E-state index in [9.17, 15) is 17.8 Å². The summed E-state index contributed by atoms with van der Waals surface area (Å²) < 4.78 is 33.3. The van der Waals surface area contributed by atoms with Gasteiger partial charge in [0.2, 0.25) is 0 Å². The fourth-order valence-corrected chi connectivity index (χ4v) is 2.67. The standard InChI is InChI=1S/C13H12N2O5S/c14-9-4-3-5-10(8-9)15(21(18,19)20)12-7-2-1-6-11(12)13(16)17/h1-8H,14H2,(H,16,17)(H,18,19,20). The summed E-state index contributed by atoms with van der Waals surface area (Å²) in [6.45, 7) is 0. The van der Waals surface area contributed by atoms with E-state index in [0.29, 0.717) is 4.31 Å². The maximum atomic E-state index is 11.7. The predicted molar refractivity (Wildman–Crippen MR) is 77.9 cm³/mol. The normalized spacial score (nSPS) is 11.1. The molecule has 2 aromatic rings. The SMILES string of the molecule is Nc1cccc(N(c2ccccc2C(=O)O)S(=O)(=O)O)c1. The molecule has 0 aliphatic heterocycles. The number of carboxylic acid groups (broad SMARTS) is 1. The van der Waals surface area contributed by atoms with Crippen LogP contribution in [0, 0.1) is 0 Å². The number of hydrogen-bond donors (Lipinski definition) is 3. The monoisotopic (exact) mass is 308 g/mol. The minimum atomic E-state index is -4.73. The van der Waals surface area contributed by atoms with Gasteiger partial charge in [-0.1, -0.05) is 18.2 Å². The van der Waals surface area contributed by atoms with E-state index in [2.05, 4.69) is 0 Å². The van der Waals surface area contributed by atoms with Crippen molar-refractivity contribution in [3.8, 4) is 0 Å². The van der Waals surface area contributed by atoms with E-state index in [1.54, 1.807) is 0 Å². The van der Waals surface area contributed by atoms with E-state index < -0.39 is 16.3 Å². The van der Waals surface area contributed by atoms with E-state index in [-0.39, 0.29) is 22.6 Å². The largest absolute Gasteiger partial charge is 0.478 e. The number of carboxylic acids is 1. The maximum absolute atomic E-state index is 11.7. The molecule has 0 spiro atoms. The Balaban J connectivity index is 2.72. The number of nitrogen functional groups attached to an aromatic ring is 1. The van der Waals surface area contributed by atoms with Crippen LogP contribution in [0.3, 0.4) is 0 Å². The third-order valence-electron chi connectivity index (χ3n) is 2.69. The topological polar surface area (TPSA) is 121 Å². The van der Waals surface area contributed by atoms with Crippen molar-refractivity contribution in [3.63, 3.8) is 0 Å². The lowest BCUT2D eigenvalue weighted by atomic mass is 10.1. The van der Waals surface area contributed by atoms with Gasteiger partial charge in [0.05, 0.1) is 16.9 Å². The number of rotatable bonds is 4. The molecule has 2 aromatic carbocycles. The first kappa shape index (κ1) is 14.8. The van der Waals surface area contributed by atoms with Crippen LogP contribution in [0.2, 0.25) is 0 Å². The van der Waals surface area contributed by atoms with Crippen molar-refractivity contribution in [2.75, 3.05) is 10.0 Å². The fraction of sp³-hybridized carbons (Fsp3) is 0. The Labute approximate surface area is 121 Å². The quantitative estimate of drug-likeness (QED) is 0.586. The van der Waals surface area contributed by atoms with Crippen LogP contribution < -0.4 is 10.0 Å². The molecule has 0 amide bonds. The molecule has 8 heteroatoms. The molecule has 0 bridgehead atoms. The van der Waals surface area contributed by atoms with Gasteiger partial charge in [-0.2, -0.15) is 8.42 Å². The third-order valence-corrected chi connectivity index (χ3v) is 3.56. The lowest BCUT2D eigenvalue weighted by Gasteiger charge is -2.22. The van der Waals surface area contributed by atoms with Crippen molar-refractivity contribution in [2.24, 2.45) is 0 Å². The van der Waals surface area contributed by atoms with Gasteiger partial charge >= 0.3 is 16.3 Å². The highest BCUT2D eigenvalue weighted by Gasteiger charge is 2.26. The van der Waals surface area contributed by atoms with Gasteiger partial charge in [0.1, 0.15) is 0 Å². The molecule has 0 heterocycles. The number of hydrogen-bond acceptors (Lipinski definition) is 4. The number of benzene rings is 2. The number of para-hydroxylation sites is 1. The van der Waals surface area contributed by atoms with Gasteiger partial charge in [0, 0.05) is 5.69 Å². The molecule has 21 heavy (non-hydrogen) atoms. The Morgan fingerprint density at radius 2 is 1.76 bits per heavy atom. The molecular weight excluding hydrogens is 296 g/mol. The van der Waals surface area contributed by atoms with Crippen molar-refractivity contribution in [1.29, 1.82) is 0 Å². The number of anilines is 3. The first-order chi connectivity index (χ1) is 9.80. The van der Waals surface area contributed by atoms with Gasteiger partial charge in [0.15, 0.2) is 0 Å². The molecule has 0 radical (unpaired) electrons. The van der Waals surface area contributed by atoms with E-state index in [1.165, 1.54) is 48.5 Å². The molecule has 0 unspecified atom stereocenters. The Bertz CT molecular complexity index is 789. The Hall–Kier alpha value is -2.58. The van der Waals surface area contributed by atoms with Gasteiger partial charge in [-0.05, 0) is 30.3 Å². The van der Waals surface area contributed by atoms with Gasteiger partial charge in [0.25, 0.3) is 0 Å². The summed E-state index contributed by atoms with van der Waals surface area (Å²) in [5.74, 6) is -1.32. The third kappa shape index (κ3) is 3.12. The minimum absolute atomic E-state index is 0.0335. The minimum Gasteiger partial charge on any atom is -0.478 e. The van der Waals surface area contributed by atoms with Crippen LogP contribution in [0.5, 0.6) is 0 Å². The molecule has 110 valence electrons. The summed E-state index contributed by atoms with van der Waals surface area (Å²) in [5, 5.41) is 9.15. The zero-order chi connectivity index (χ0) is 15.6. The van der Waals surface area contributed by atoms with Crippen LogP contribution in [0.15, 0.2) is 48.5 Å². The average molecular weight is 308 g/mol. The molecule has 0 atom stereocenters. The van der Waals surface area contributed by atoms with Crippen LogP contribution in [0.25, 0.3) is 0 Å².